The Balaban J connectivity index is 1.64. The molecule has 1 atom stereocenters. The molecule has 1 heterocycles. The molecular formula is C21H27NO3. The summed E-state index contributed by atoms with van der Waals surface area (Å²) in [6.45, 7) is 7.67. The minimum atomic E-state index is 0.451. The van der Waals surface area contributed by atoms with Crippen LogP contribution in [0.15, 0.2) is 42.5 Å². The molecule has 0 N–H and O–H groups in total. The van der Waals surface area contributed by atoms with Gasteiger partial charge < -0.3 is 14.2 Å². The van der Waals surface area contributed by atoms with E-state index in [0.29, 0.717) is 19.3 Å². The first-order valence-electron chi connectivity index (χ1n) is 8.95. The number of benzene rings is 2. The predicted octanol–water partition coefficient (Wildman–Crippen LogP) is 3.92. The fourth-order valence-corrected chi connectivity index (χ4v) is 3.23. The van der Waals surface area contributed by atoms with Gasteiger partial charge in [0.25, 0.3) is 0 Å². The third-order valence-corrected chi connectivity index (χ3v) is 4.71. The van der Waals surface area contributed by atoms with Gasteiger partial charge in [0.1, 0.15) is 19.0 Å². The monoisotopic (exact) mass is 341 g/mol. The Morgan fingerprint density at radius 3 is 2.36 bits per heavy atom. The molecular weight excluding hydrogens is 314 g/mol. The van der Waals surface area contributed by atoms with Crippen LogP contribution in [0.3, 0.4) is 0 Å². The fourth-order valence-electron chi connectivity index (χ4n) is 3.23. The van der Waals surface area contributed by atoms with Crippen molar-refractivity contribution in [2.24, 2.45) is 0 Å². The zero-order chi connectivity index (χ0) is 17.6. The van der Waals surface area contributed by atoms with E-state index in [9.17, 15) is 0 Å². The molecule has 0 saturated carbocycles. The molecule has 1 aliphatic heterocycles. The van der Waals surface area contributed by atoms with Gasteiger partial charge in [-0.05, 0) is 55.3 Å². The third kappa shape index (κ3) is 4.45. The zero-order valence-corrected chi connectivity index (χ0v) is 15.3. The highest BCUT2D eigenvalue weighted by Crippen LogP contribution is 2.31. The largest absolute Gasteiger partial charge is 0.497 e. The second-order valence-electron chi connectivity index (χ2n) is 6.44. The van der Waals surface area contributed by atoms with Crippen LogP contribution in [-0.2, 0) is 13.0 Å². The number of hydrogen-bond acceptors (Lipinski definition) is 4. The third-order valence-electron chi connectivity index (χ3n) is 4.71. The number of rotatable bonds is 7. The summed E-state index contributed by atoms with van der Waals surface area (Å²) < 4.78 is 16.5. The summed E-state index contributed by atoms with van der Waals surface area (Å²) in [6.07, 6.45) is 1.02. The van der Waals surface area contributed by atoms with Gasteiger partial charge in [0, 0.05) is 12.6 Å². The summed E-state index contributed by atoms with van der Waals surface area (Å²) in [7, 11) is 1.70. The molecule has 2 aromatic carbocycles. The van der Waals surface area contributed by atoms with Crippen LogP contribution in [0, 0.1) is 0 Å². The van der Waals surface area contributed by atoms with Gasteiger partial charge in [0.15, 0.2) is 11.5 Å². The summed E-state index contributed by atoms with van der Waals surface area (Å²) in [5.41, 5.74) is 2.58. The standard InChI is InChI=1S/C21H27NO3/c1-4-22(16(2)13-17-5-8-19(23-3)9-6-17)15-18-7-10-20-21(14-18)25-12-11-24-20/h5-10,14,16H,4,11-13,15H2,1-3H3. The minimum absolute atomic E-state index is 0.451. The predicted molar refractivity (Wildman–Crippen MR) is 99.7 cm³/mol. The van der Waals surface area contributed by atoms with Gasteiger partial charge in [-0.1, -0.05) is 25.1 Å². The molecule has 3 rings (SSSR count). The second kappa shape index (κ2) is 8.26. The van der Waals surface area contributed by atoms with Crippen LogP contribution in [0.2, 0.25) is 0 Å². The van der Waals surface area contributed by atoms with Crippen molar-refractivity contribution < 1.29 is 14.2 Å². The molecule has 1 unspecified atom stereocenters. The maximum absolute atomic E-state index is 5.70. The molecule has 4 nitrogen and oxygen atoms in total. The molecule has 2 aromatic rings. The van der Waals surface area contributed by atoms with Gasteiger partial charge in [-0.25, -0.2) is 0 Å². The van der Waals surface area contributed by atoms with E-state index in [4.69, 9.17) is 14.2 Å². The van der Waals surface area contributed by atoms with Gasteiger partial charge in [0.05, 0.1) is 7.11 Å². The number of hydrogen-bond donors (Lipinski definition) is 0. The smallest absolute Gasteiger partial charge is 0.161 e. The topological polar surface area (TPSA) is 30.9 Å². The van der Waals surface area contributed by atoms with Crippen molar-refractivity contribution in [1.82, 2.24) is 4.90 Å². The minimum Gasteiger partial charge on any atom is -0.497 e. The summed E-state index contributed by atoms with van der Waals surface area (Å²) in [5.74, 6) is 2.62. The molecule has 0 radical (unpaired) electrons. The number of nitrogens with zero attached hydrogens (tertiary/aromatic N) is 1. The molecule has 1 aliphatic rings. The Kier molecular flexibility index (Phi) is 5.82. The molecule has 0 amide bonds. The van der Waals surface area contributed by atoms with E-state index in [2.05, 4.69) is 43.0 Å². The molecule has 0 fully saturated rings. The van der Waals surface area contributed by atoms with Crippen molar-refractivity contribution in [2.75, 3.05) is 26.9 Å². The summed E-state index contributed by atoms with van der Waals surface area (Å²) in [6, 6.07) is 15.1. The maximum Gasteiger partial charge on any atom is 0.161 e. The van der Waals surface area contributed by atoms with Gasteiger partial charge in [-0.3, -0.25) is 4.90 Å². The van der Waals surface area contributed by atoms with E-state index < -0.39 is 0 Å². The van der Waals surface area contributed by atoms with Crippen molar-refractivity contribution in [3.63, 3.8) is 0 Å². The second-order valence-corrected chi connectivity index (χ2v) is 6.44. The van der Waals surface area contributed by atoms with E-state index in [1.54, 1.807) is 7.11 Å². The SMILES string of the molecule is CCN(Cc1ccc2c(c1)OCCO2)C(C)Cc1ccc(OC)cc1. The lowest BCUT2D eigenvalue weighted by atomic mass is 10.0. The number of ether oxygens (including phenoxy) is 3. The average Bonchev–Trinajstić information content (AvgIpc) is 2.66. The number of fused-ring (bicyclic) bond motifs is 1. The molecule has 4 heteroatoms. The summed E-state index contributed by atoms with van der Waals surface area (Å²) in [5, 5.41) is 0. The van der Waals surface area contributed by atoms with Crippen LogP contribution in [0.25, 0.3) is 0 Å². The Morgan fingerprint density at radius 1 is 1.00 bits per heavy atom. The van der Waals surface area contributed by atoms with Gasteiger partial charge in [-0.15, -0.1) is 0 Å². The maximum atomic E-state index is 5.70. The Morgan fingerprint density at radius 2 is 1.68 bits per heavy atom. The van der Waals surface area contributed by atoms with E-state index in [1.165, 1.54) is 11.1 Å². The summed E-state index contributed by atoms with van der Waals surface area (Å²) >= 11 is 0. The van der Waals surface area contributed by atoms with Crippen molar-refractivity contribution >= 4 is 0 Å². The number of methoxy groups -OCH3 is 1. The molecule has 0 bridgehead atoms. The molecule has 0 saturated heterocycles. The van der Waals surface area contributed by atoms with Crippen LogP contribution in [0.1, 0.15) is 25.0 Å². The van der Waals surface area contributed by atoms with E-state index in [0.717, 1.165) is 36.8 Å². The van der Waals surface area contributed by atoms with E-state index in [1.807, 2.05) is 18.2 Å². The lowest BCUT2D eigenvalue weighted by Crippen LogP contribution is -2.34. The van der Waals surface area contributed by atoms with Gasteiger partial charge in [0.2, 0.25) is 0 Å². The lowest BCUT2D eigenvalue weighted by molar-refractivity contribution is 0.170. The highest BCUT2D eigenvalue weighted by Gasteiger charge is 2.16. The number of likely N-dealkylation sites (N-methyl/N-ethyl adjacent to an activating group) is 1. The van der Waals surface area contributed by atoms with Gasteiger partial charge in [-0.2, -0.15) is 0 Å². The lowest BCUT2D eigenvalue weighted by Gasteiger charge is -2.28. The van der Waals surface area contributed by atoms with Gasteiger partial charge >= 0.3 is 0 Å². The normalized spacial score (nSPS) is 14.4. The molecule has 0 aliphatic carbocycles. The van der Waals surface area contributed by atoms with Crippen molar-refractivity contribution in [3.8, 4) is 17.2 Å². The first-order valence-corrected chi connectivity index (χ1v) is 8.95. The molecule has 134 valence electrons. The molecule has 25 heavy (non-hydrogen) atoms. The van der Waals surface area contributed by atoms with Crippen molar-refractivity contribution in [3.05, 3.63) is 53.6 Å². The zero-order valence-electron chi connectivity index (χ0n) is 15.3. The Labute approximate surface area is 150 Å². The van der Waals surface area contributed by atoms with Crippen LogP contribution < -0.4 is 14.2 Å². The van der Waals surface area contributed by atoms with E-state index in [-0.39, 0.29) is 0 Å². The van der Waals surface area contributed by atoms with Crippen LogP contribution in [-0.4, -0.2) is 37.8 Å². The van der Waals surface area contributed by atoms with Crippen molar-refractivity contribution in [1.29, 1.82) is 0 Å². The Hall–Kier alpha value is -2.20. The highest BCUT2D eigenvalue weighted by atomic mass is 16.6. The van der Waals surface area contributed by atoms with Crippen LogP contribution in [0.4, 0.5) is 0 Å². The van der Waals surface area contributed by atoms with Crippen molar-refractivity contribution in [2.45, 2.75) is 32.9 Å². The van der Waals surface area contributed by atoms with Crippen LogP contribution >= 0.6 is 0 Å². The fraction of sp³-hybridized carbons (Fsp3) is 0.429. The first kappa shape index (κ1) is 17.6. The first-order chi connectivity index (χ1) is 12.2. The Bertz CT molecular complexity index is 684. The quantitative estimate of drug-likeness (QED) is 0.764. The average molecular weight is 341 g/mol. The van der Waals surface area contributed by atoms with Crippen LogP contribution in [0.5, 0.6) is 17.2 Å². The highest BCUT2D eigenvalue weighted by molar-refractivity contribution is 5.43. The molecule has 0 spiro atoms. The summed E-state index contributed by atoms with van der Waals surface area (Å²) in [4.78, 5) is 2.48. The van der Waals surface area contributed by atoms with E-state index >= 15 is 0 Å². The molecule has 0 aromatic heterocycles.